The second kappa shape index (κ2) is 9.36. The first-order valence-corrected chi connectivity index (χ1v) is 11.6. The first-order valence-electron chi connectivity index (χ1n) is 10.8. The maximum atomic E-state index is 13.3. The van der Waals surface area contributed by atoms with Gasteiger partial charge in [0.05, 0.1) is 17.7 Å². The van der Waals surface area contributed by atoms with Crippen LogP contribution in [0.15, 0.2) is 52.1 Å². The molecule has 0 saturated carbocycles. The summed E-state index contributed by atoms with van der Waals surface area (Å²) in [5.41, 5.74) is 3.18. The van der Waals surface area contributed by atoms with Gasteiger partial charge in [-0.3, -0.25) is 9.59 Å². The van der Waals surface area contributed by atoms with E-state index in [9.17, 15) is 14.7 Å². The molecule has 0 bridgehead atoms. The quantitative estimate of drug-likeness (QED) is 0.586. The van der Waals surface area contributed by atoms with Gasteiger partial charge < -0.3 is 19.9 Å². The van der Waals surface area contributed by atoms with E-state index in [0.717, 1.165) is 16.9 Å². The lowest BCUT2D eigenvalue weighted by atomic mass is 9.73. The van der Waals surface area contributed by atoms with Gasteiger partial charge in [-0.1, -0.05) is 12.1 Å². The summed E-state index contributed by atoms with van der Waals surface area (Å²) in [5.74, 6) is 0.696. The Balaban J connectivity index is 1.67. The largest absolute Gasteiger partial charge is 0.503 e. The molecule has 2 aromatic carbocycles. The van der Waals surface area contributed by atoms with Gasteiger partial charge >= 0.3 is 0 Å². The van der Waals surface area contributed by atoms with Crippen LogP contribution in [0.4, 0.5) is 0 Å². The number of amides is 1. The molecule has 0 fully saturated rings. The Labute approximate surface area is 195 Å². The average molecular weight is 500 g/mol. The fourth-order valence-electron chi connectivity index (χ4n) is 4.54. The highest BCUT2D eigenvalue weighted by atomic mass is 79.9. The molecule has 32 heavy (non-hydrogen) atoms. The molecule has 1 aliphatic heterocycles. The Morgan fingerprint density at radius 1 is 1.00 bits per heavy atom. The number of aromatic hydroxyl groups is 1. The first-order chi connectivity index (χ1) is 15.4. The molecular weight excluding hydrogens is 474 g/mol. The van der Waals surface area contributed by atoms with Crippen molar-refractivity contribution < 1.29 is 24.2 Å². The average Bonchev–Trinajstić information content (AvgIpc) is 2.76. The second-order valence-electron chi connectivity index (χ2n) is 8.01. The van der Waals surface area contributed by atoms with Gasteiger partial charge in [0.15, 0.2) is 17.3 Å². The predicted molar refractivity (Wildman–Crippen MR) is 124 cm³/mol. The monoisotopic (exact) mass is 499 g/mol. The summed E-state index contributed by atoms with van der Waals surface area (Å²) >= 11 is 3.37. The number of carbonyl (C=O) groups is 2. The van der Waals surface area contributed by atoms with E-state index in [1.165, 1.54) is 0 Å². The van der Waals surface area contributed by atoms with E-state index < -0.39 is 0 Å². The van der Waals surface area contributed by atoms with Crippen molar-refractivity contribution in [2.24, 2.45) is 0 Å². The third-order valence-electron chi connectivity index (χ3n) is 5.95. The smallest absolute Gasteiger partial charge is 0.225 e. The van der Waals surface area contributed by atoms with Crippen molar-refractivity contribution in [2.45, 2.75) is 44.9 Å². The van der Waals surface area contributed by atoms with Crippen LogP contribution in [0.25, 0.3) is 0 Å². The minimum atomic E-state index is -0.372. The van der Waals surface area contributed by atoms with E-state index in [-0.39, 0.29) is 35.7 Å². The lowest BCUT2D eigenvalue weighted by Gasteiger charge is -2.34. The number of ether oxygens (including phenoxy) is 2. The second-order valence-corrected chi connectivity index (χ2v) is 8.86. The zero-order valence-corrected chi connectivity index (χ0v) is 19.7. The van der Waals surface area contributed by atoms with Crippen LogP contribution in [0.1, 0.15) is 56.1 Å². The lowest BCUT2D eigenvalue weighted by molar-refractivity contribution is -0.122. The Bertz CT molecular complexity index is 1080. The summed E-state index contributed by atoms with van der Waals surface area (Å²) < 4.78 is 11.5. The maximum Gasteiger partial charge on any atom is 0.225 e. The Hall–Kier alpha value is -2.80. The molecular formula is C25H26BrNO5. The molecule has 2 atom stereocenters. The third-order valence-corrected chi connectivity index (χ3v) is 6.56. The van der Waals surface area contributed by atoms with Crippen LogP contribution in [0.3, 0.4) is 0 Å². The van der Waals surface area contributed by atoms with E-state index >= 15 is 0 Å². The number of benzene rings is 2. The first kappa shape index (κ1) is 22.4. The molecule has 6 nitrogen and oxygen atoms in total. The number of halogens is 1. The van der Waals surface area contributed by atoms with Crippen molar-refractivity contribution >= 4 is 27.6 Å². The Morgan fingerprint density at radius 2 is 1.72 bits per heavy atom. The van der Waals surface area contributed by atoms with Gasteiger partial charge in [-0.15, -0.1) is 0 Å². The number of ketones is 1. The topological polar surface area (TPSA) is 84.9 Å². The number of carbonyl (C=O) groups excluding carboxylic acids is 2. The number of rotatable bonds is 6. The number of Topliss-reactive ketones (excluding diaryl/α,β-unsaturated/α-hetero) is 1. The SMILES string of the molecule is CCOc1ccc(C2CC(=O)C3=C(C2)NC(=O)CC3c2cc(Br)c(O)c(OCC)c2)cc1. The zero-order chi connectivity index (χ0) is 22.8. The number of hydrogen-bond donors (Lipinski definition) is 2. The molecule has 168 valence electrons. The molecule has 2 aliphatic rings. The Kier molecular flexibility index (Phi) is 6.55. The van der Waals surface area contributed by atoms with Crippen molar-refractivity contribution in [2.75, 3.05) is 13.2 Å². The minimum Gasteiger partial charge on any atom is -0.503 e. The maximum absolute atomic E-state index is 13.3. The van der Waals surface area contributed by atoms with Crippen molar-refractivity contribution in [3.8, 4) is 17.2 Å². The van der Waals surface area contributed by atoms with E-state index in [1.54, 1.807) is 12.1 Å². The normalized spacial score (nSPS) is 20.6. The lowest BCUT2D eigenvalue weighted by Crippen LogP contribution is -2.38. The van der Waals surface area contributed by atoms with Crippen LogP contribution in [0.2, 0.25) is 0 Å². The van der Waals surface area contributed by atoms with Gasteiger partial charge in [-0.25, -0.2) is 0 Å². The van der Waals surface area contributed by atoms with Crippen LogP contribution in [0.5, 0.6) is 17.2 Å². The highest BCUT2D eigenvalue weighted by Gasteiger charge is 2.38. The Morgan fingerprint density at radius 3 is 2.41 bits per heavy atom. The van der Waals surface area contributed by atoms with Gasteiger partial charge in [0.25, 0.3) is 0 Å². The van der Waals surface area contributed by atoms with E-state index in [4.69, 9.17) is 9.47 Å². The van der Waals surface area contributed by atoms with Crippen LogP contribution >= 0.6 is 15.9 Å². The molecule has 0 saturated heterocycles. The van der Waals surface area contributed by atoms with Crippen molar-refractivity contribution in [1.82, 2.24) is 5.32 Å². The molecule has 2 unspecified atom stereocenters. The number of allylic oxidation sites excluding steroid dienone is 2. The molecule has 2 aromatic rings. The molecule has 4 rings (SSSR count). The van der Waals surface area contributed by atoms with E-state index in [2.05, 4.69) is 21.2 Å². The van der Waals surface area contributed by atoms with Crippen molar-refractivity contribution in [3.63, 3.8) is 0 Å². The van der Waals surface area contributed by atoms with E-state index in [0.29, 0.717) is 47.5 Å². The predicted octanol–water partition coefficient (Wildman–Crippen LogP) is 4.96. The number of phenolic OH excluding ortho intramolecular Hbond substituents is 1. The van der Waals surface area contributed by atoms with E-state index in [1.807, 2.05) is 38.1 Å². The summed E-state index contributed by atoms with van der Waals surface area (Å²) in [6.07, 6.45) is 1.16. The van der Waals surface area contributed by atoms with Gasteiger partial charge in [-0.05, 0) is 77.5 Å². The van der Waals surface area contributed by atoms with Crippen LogP contribution in [-0.4, -0.2) is 30.0 Å². The molecule has 0 spiro atoms. The highest BCUT2D eigenvalue weighted by Crippen LogP contribution is 2.45. The van der Waals surface area contributed by atoms with Gasteiger partial charge in [0.1, 0.15) is 5.75 Å². The molecule has 2 N–H and O–H groups in total. The van der Waals surface area contributed by atoms with Gasteiger partial charge in [0.2, 0.25) is 5.91 Å². The number of phenols is 1. The minimum absolute atomic E-state index is 0.00140. The fraction of sp³-hybridized carbons (Fsp3) is 0.360. The molecule has 7 heteroatoms. The van der Waals surface area contributed by atoms with Crippen molar-refractivity contribution in [1.29, 1.82) is 0 Å². The molecule has 0 radical (unpaired) electrons. The van der Waals surface area contributed by atoms with Gasteiger partial charge in [-0.2, -0.15) is 0 Å². The molecule has 1 amide bonds. The van der Waals surface area contributed by atoms with Crippen LogP contribution < -0.4 is 14.8 Å². The standard InChI is InChI=1S/C25H26BrNO5/c1-3-31-17-7-5-14(6-8-17)15-10-20-24(21(28)11-15)18(13-23(29)27-20)16-9-19(26)25(30)22(12-16)32-4-2/h5-9,12,15,18,30H,3-4,10-11,13H2,1-2H3,(H,27,29). The molecule has 1 aliphatic carbocycles. The summed E-state index contributed by atoms with van der Waals surface area (Å²) in [4.78, 5) is 25.9. The molecule has 0 aromatic heterocycles. The van der Waals surface area contributed by atoms with Crippen LogP contribution in [0, 0.1) is 0 Å². The van der Waals surface area contributed by atoms with Crippen LogP contribution in [-0.2, 0) is 9.59 Å². The summed E-state index contributed by atoms with van der Waals surface area (Å²) in [6, 6.07) is 11.3. The summed E-state index contributed by atoms with van der Waals surface area (Å²) in [5, 5.41) is 13.2. The van der Waals surface area contributed by atoms with Gasteiger partial charge in [0, 0.05) is 30.0 Å². The molecule has 1 heterocycles. The summed E-state index contributed by atoms with van der Waals surface area (Å²) in [7, 11) is 0. The fourth-order valence-corrected chi connectivity index (χ4v) is 5.00. The highest BCUT2D eigenvalue weighted by molar-refractivity contribution is 9.10. The number of nitrogens with one attached hydrogen (secondary N) is 1. The summed E-state index contributed by atoms with van der Waals surface area (Å²) in [6.45, 7) is 4.77. The third kappa shape index (κ3) is 4.39. The van der Waals surface area contributed by atoms with Crippen molar-refractivity contribution in [3.05, 3.63) is 63.3 Å². The number of hydrogen-bond acceptors (Lipinski definition) is 5. The zero-order valence-electron chi connectivity index (χ0n) is 18.1.